The molecule has 0 spiro atoms. The molecule has 0 bridgehead atoms. The minimum atomic E-state index is -3.48. The SMILES string of the molecule is CN(Cc1ccccc1)S(=O)(=O)NCCCN1CCC(C(N)=O)CC1. The molecule has 140 valence electrons. The van der Waals surface area contributed by atoms with Gasteiger partial charge in [-0.2, -0.15) is 12.7 Å². The minimum Gasteiger partial charge on any atom is -0.369 e. The fourth-order valence-corrected chi connectivity index (χ4v) is 3.92. The zero-order valence-electron chi connectivity index (χ0n) is 14.7. The second-order valence-corrected chi connectivity index (χ2v) is 8.38. The van der Waals surface area contributed by atoms with E-state index in [-0.39, 0.29) is 11.8 Å². The van der Waals surface area contributed by atoms with Gasteiger partial charge in [-0.15, -0.1) is 0 Å². The summed E-state index contributed by atoms with van der Waals surface area (Å²) in [4.78, 5) is 13.4. The molecular weight excluding hydrogens is 340 g/mol. The van der Waals surface area contributed by atoms with Crippen LogP contribution in [0.4, 0.5) is 0 Å². The lowest BCUT2D eigenvalue weighted by molar-refractivity contribution is -0.123. The van der Waals surface area contributed by atoms with Gasteiger partial charge in [-0.05, 0) is 44.5 Å². The molecule has 1 aliphatic rings. The van der Waals surface area contributed by atoms with E-state index in [0.29, 0.717) is 13.1 Å². The molecule has 3 N–H and O–H groups in total. The molecule has 1 fully saturated rings. The molecule has 1 aromatic rings. The van der Waals surface area contributed by atoms with Crippen molar-refractivity contribution in [2.45, 2.75) is 25.8 Å². The lowest BCUT2D eigenvalue weighted by Gasteiger charge is -2.30. The maximum absolute atomic E-state index is 12.3. The van der Waals surface area contributed by atoms with Crippen LogP contribution in [-0.4, -0.2) is 56.8 Å². The number of nitrogens with zero attached hydrogens (tertiary/aromatic N) is 2. The number of likely N-dealkylation sites (tertiary alicyclic amines) is 1. The second kappa shape index (κ2) is 9.28. The molecule has 7 nitrogen and oxygen atoms in total. The van der Waals surface area contributed by atoms with E-state index in [9.17, 15) is 13.2 Å². The molecule has 1 heterocycles. The van der Waals surface area contributed by atoms with Crippen molar-refractivity contribution in [2.75, 3.05) is 33.2 Å². The number of rotatable bonds is 9. The number of carbonyl (C=O) groups is 1. The van der Waals surface area contributed by atoms with E-state index >= 15 is 0 Å². The summed E-state index contributed by atoms with van der Waals surface area (Å²) in [6.07, 6.45) is 2.32. The number of hydrogen-bond acceptors (Lipinski definition) is 4. The van der Waals surface area contributed by atoms with Crippen molar-refractivity contribution in [2.24, 2.45) is 11.7 Å². The number of piperidine rings is 1. The predicted molar refractivity (Wildman–Crippen MR) is 97.8 cm³/mol. The van der Waals surface area contributed by atoms with Crippen LogP contribution >= 0.6 is 0 Å². The van der Waals surface area contributed by atoms with Crippen LogP contribution in [-0.2, 0) is 21.5 Å². The first-order valence-electron chi connectivity index (χ1n) is 8.65. The molecule has 1 saturated heterocycles. The fourth-order valence-electron chi connectivity index (χ4n) is 2.98. The van der Waals surface area contributed by atoms with E-state index < -0.39 is 10.2 Å². The number of hydrogen-bond donors (Lipinski definition) is 2. The van der Waals surface area contributed by atoms with Crippen LogP contribution in [0, 0.1) is 5.92 Å². The second-order valence-electron chi connectivity index (χ2n) is 6.51. The normalized spacial score (nSPS) is 17.0. The number of primary amides is 1. The Hall–Kier alpha value is -1.48. The molecule has 1 aliphatic heterocycles. The standard InChI is InChI=1S/C17H28N4O3S/c1-20(14-15-6-3-2-4-7-15)25(23,24)19-10-5-11-21-12-8-16(9-13-21)17(18)22/h2-4,6-7,16,19H,5,8-14H2,1H3,(H2,18,22). The molecule has 0 saturated carbocycles. The molecule has 8 heteroatoms. The highest BCUT2D eigenvalue weighted by Gasteiger charge is 2.23. The van der Waals surface area contributed by atoms with Gasteiger partial charge in [0.2, 0.25) is 5.91 Å². The summed E-state index contributed by atoms with van der Waals surface area (Å²) in [6, 6.07) is 9.50. The average Bonchev–Trinajstić information content (AvgIpc) is 2.60. The zero-order valence-corrected chi connectivity index (χ0v) is 15.5. The van der Waals surface area contributed by atoms with E-state index in [4.69, 9.17) is 5.73 Å². The Balaban J connectivity index is 1.67. The van der Waals surface area contributed by atoms with Gasteiger partial charge in [0, 0.05) is 26.1 Å². The predicted octanol–water partition coefficient (Wildman–Crippen LogP) is 0.540. The van der Waals surface area contributed by atoms with Gasteiger partial charge in [0.25, 0.3) is 10.2 Å². The van der Waals surface area contributed by atoms with E-state index in [1.165, 1.54) is 4.31 Å². The van der Waals surface area contributed by atoms with Crippen LogP contribution in [0.25, 0.3) is 0 Å². The highest BCUT2D eigenvalue weighted by atomic mass is 32.2. The first-order valence-corrected chi connectivity index (χ1v) is 10.1. The van der Waals surface area contributed by atoms with Gasteiger partial charge >= 0.3 is 0 Å². The van der Waals surface area contributed by atoms with Crippen LogP contribution in [0.1, 0.15) is 24.8 Å². The average molecular weight is 369 g/mol. The Bertz CT molecular complexity index is 643. The Morgan fingerprint density at radius 2 is 1.92 bits per heavy atom. The molecular formula is C17H28N4O3S. The van der Waals surface area contributed by atoms with Crippen molar-refractivity contribution in [1.82, 2.24) is 13.9 Å². The smallest absolute Gasteiger partial charge is 0.279 e. The van der Waals surface area contributed by atoms with Gasteiger partial charge in [-0.3, -0.25) is 4.79 Å². The Morgan fingerprint density at radius 1 is 1.28 bits per heavy atom. The molecule has 1 aromatic carbocycles. The van der Waals surface area contributed by atoms with Gasteiger partial charge in [-0.25, -0.2) is 4.72 Å². The van der Waals surface area contributed by atoms with E-state index in [1.54, 1.807) is 7.05 Å². The highest BCUT2D eigenvalue weighted by Crippen LogP contribution is 2.16. The Labute approximate surface area is 150 Å². The van der Waals surface area contributed by atoms with Gasteiger partial charge in [0.05, 0.1) is 0 Å². The lowest BCUT2D eigenvalue weighted by atomic mass is 9.96. The van der Waals surface area contributed by atoms with Crippen molar-refractivity contribution in [3.05, 3.63) is 35.9 Å². The number of benzene rings is 1. The van der Waals surface area contributed by atoms with E-state index in [2.05, 4.69) is 9.62 Å². The summed E-state index contributed by atoms with van der Waals surface area (Å²) >= 11 is 0. The summed E-state index contributed by atoms with van der Waals surface area (Å²) in [6.45, 7) is 3.24. The molecule has 0 aliphatic carbocycles. The van der Waals surface area contributed by atoms with Crippen molar-refractivity contribution >= 4 is 16.1 Å². The third-order valence-corrected chi connectivity index (χ3v) is 6.10. The molecule has 25 heavy (non-hydrogen) atoms. The highest BCUT2D eigenvalue weighted by molar-refractivity contribution is 7.87. The third-order valence-electron chi connectivity index (χ3n) is 4.58. The first kappa shape index (κ1) is 19.8. The van der Waals surface area contributed by atoms with Gasteiger partial charge < -0.3 is 10.6 Å². The van der Waals surface area contributed by atoms with Gasteiger partial charge in [0.15, 0.2) is 0 Å². The van der Waals surface area contributed by atoms with Crippen molar-refractivity contribution in [3.63, 3.8) is 0 Å². The summed E-state index contributed by atoms with van der Waals surface area (Å²) in [5.74, 6) is -0.227. The molecule has 0 unspecified atom stereocenters. The van der Waals surface area contributed by atoms with E-state index in [1.807, 2.05) is 30.3 Å². The van der Waals surface area contributed by atoms with Gasteiger partial charge in [0.1, 0.15) is 0 Å². The van der Waals surface area contributed by atoms with Gasteiger partial charge in [-0.1, -0.05) is 30.3 Å². The van der Waals surface area contributed by atoms with Crippen LogP contribution in [0.2, 0.25) is 0 Å². The summed E-state index contributed by atoms with van der Waals surface area (Å²) in [5.41, 5.74) is 6.28. The Kier molecular flexibility index (Phi) is 7.37. The zero-order chi connectivity index (χ0) is 18.3. The van der Waals surface area contributed by atoms with Crippen LogP contribution in [0.3, 0.4) is 0 Å². The van der Waals surface area contributed by atoms with E-state index in [0.717, 1.165) is 44.5 Å². The quantitative estimate of drug-likeness (QED) is 0.622. The largest absolute Gasteiger partial charge is 0.369 e. The molecule has 0 atom stereocenters. The molecule has 2 rings (SSSR count). The maximum Gasteiger partial charge on any atom is 0.279 e. The minimum absolute atomic E-state index is 0.0126. The monoisotopic (exact) mass is 368 g/mol. The topological polar surface area (TPSA) is 95.7 Å². The van der Waals surface area contributed by atoms with Crippen molar-refractivity contribution < 1.29 is 13.2 Å². The molecule has 0 radical (unpaired) electrons. The molecule has 0 aromatic heterocycles. The van der Waals surface area contributed by atoms with Crippen LogP contribution < -0.4 is 10.5 Å². The van der Waals surface area contributed by atoms with Crippen LogP contribution in [0.15, 0.2) is 30.3 Å². The number of carbonyl (C=O) groups excluding carboxylic acids is 1. The maximum atomic E-state index is 12.3. The molecule has 1 amide bonds. The summed E-state index contributed by atoms with van der Waals surface area (Å²) < 4.78 is 28.5. The third kappa shape index (κ3) is 6.39. The summed E-state index contributed by atoms with van der Waals surface area (Å²) in [5, 5.41) is 0. The number of nitrogens with two attached hydrogens (primary N) is 1. The number of nitrogens with one attached hydrogen (secondary N) is 1. The lowest BCUT2D eigenvalue weighted by Crippen LogP contribution is -2.41. The Morgan fingerprint density at radius 3 is 2.52 bits per heavy atom. The van der Waals surface area contributed by atoms with Crippen molar-refractivity contribution in [3.8, 4) is 0 Å². The fraction of sp³-hybridized carbons (Fsp3) is 0.588. The van der Waals surface area contributed by atoms with Crippen LogP contribution in [0.5, 0.6) is 0 Å². The summed E-state index contributed by atoms with van der Waals surface area (Å²) in [7, 11) is -1.90. The number of amides is 1. The first-order chi connectivity index (χ1) is 11.9. The van der Waals surface area contributed by atoms with Crippen molar-refractivity contribution in [1.29, 1.82) is 0 Å².